The normalized spacial score (nSPS) is 12.3. The third-order valence-corrected chi connectivity index (χ3v) is 4.14. The molecule has 1 heterocycles. The summed E-state index contributed by atoms with van der Waals surface area (Å²) in [5.41, 5.74) is 2.71. The minimum absolute atomic E-state index is 0.332. The number of hydrogen-bond acceptors (Lipinski definition) is 2. The topological polar surface area (TPSA) is 24.9 Å². The summed E-state index contributed by atoms with van der Waals surface area (Å²) in [6.45, 7) is 11.1. The van der Waals surface area contributed by atoms with E-state index in [-0.39, 0.29) is 0 Å². The highest BCUT2D eigenvalue weighted by molar-refractivity contribution is 5.78. The number of rotatable bonds is 5. The summed E-state index contributed by atoms with van der Waals surface area (Å²) in [7, 11) is 0. The minimum Gasteiger partial charge on any atom is -0.312 e. The van der Waals surface area contributed by atoms with Gasteiger partial charge in [0.2, 0.25) is 0 Å². The van der Waals surface area contributed by atoms with E-state index in [2.05, 4.69) is 62.3 Å². The van der Waals surface area contributed by atoms with Gasteiger partial charge in [0.1, 0.15) is 0 Å². The van der Waals surface area contributed by atoms with Gasteiger partial charge in [0.05, 0.1) is 5.52 Å². The maximum atomic E-state index is 4.34. The molecule has 2 rings (SSSR count). The highest BCUT2D eigenvalue weighted by Crippen LogP contribution is 2.24. The number of fused-ring (bicyclic) bond motifs is 1. The lowest BCUT2D eigenvalue weighted by molar-refractivity contribution is 0.238. The predicted molar refractivity (Wildman–Crippen MR) is 82.1 cm³/mol. The standard InChI is InChI=1S/C17H24N2/c1-13(2)17(3,4)12-18-11-14-7-8-16-15(10-14)6-5-9-19-16/h5-10,13,18H,11-12H2,1-4H3. The Morgan fingerprint density at radius 3 is 2.74 bits per heavy atom. The third-order valence-electron chi connectivity index (χ3n) is 4.14. The summed E-state index contributed by atoms with van der Waals surface area (Å²) in [4.78, 5) is 4.34. The quantitative estimate of drug-likeness (QED) is 0.874. The maximum absolute atomic E-state index is 4.34. The first-order chi connectivity index (χ1) is 8.99. The van der Waals surface area contributed by atoms with Crippen LogP contribution >= 0.6 is 0 Å². The van der Waals surface area contributed by atoms with Crippen molar-refractivity contribution in [2.24, 2.45) is 11.3 Å². The molecule has 0 aliphatic heterocycles. The van der Waals surface area contributed by atoms with Gasteiger partial charge in [-0.25, -0.2) is 0 Å². The zero-order valence-electron chi connectivity index (χ0n) is 12.4. The zero-order valence-corrected chi connectivity index (χ0v) is 12.4. The molecule has 0 aliphatic rings. The molecule has 0 fully saturated rings. The van der Waals surface area contributed by atoms with Crippen LogP contribution in [0.15, 0.2) is 36.5 Å². The van der Waals surface area contributed by atoms with Gasteiger partial charge in [0, 0.05) is 24.7 Å². The zero-order chi connectivity index (χ0) is 13.9. The molecule has 0 amide bonds. The number of aromatic nitrogens is 1. The van der Waals surface area contributed by atoms with Crippen molar-refractivity contribution < 1.29 is 0 Å². The molecule has 0 radical (unpaired) electrons. The van der Waals surface area contributed by atoms with Crippen LogP contribution in [0.25, 0.3) is 10.9 Å². The summed E-state index contributed by atoms with van der Waals surface area (Å²) in [5.74, 6) is 0.681. The molecule has 2 nitrogen and oxygen atoms in total. The Kier molecular flexibility index (Phi) is 4.20. The molecule has 19 heavy (non-hydrogen) atoms. The number of nitrogens with one attached hydrogen (secondary N) is 1. The molecule has 2 aromatic rings. The Labute approximate surface area is 116 Å². The summed E-state index contributed by atoms with van der Waals surface area (Å²) in [6.07, 6.45) is 1.84. The van der Waals surface area contributed by atoms with Crippen molar-refractivity contribution in [3.63, 3.8) is 0 Å². The Balaban J connectivity index is 1.98. The fraction of sp³-hybridized carbons (Fsp3) is 0.471. The third kappa shape index (κ3) is 3.54. The Hall–Kier alpha value is -1.41. The maximum Gasteiger partial charge on any atom is 0.0702 e. The van der Waals surface area contributed by atoms with E-state index in [1.54, 1.807) is 0 Å². The Morgan fingerprint density at radius 1 is 1.21 bits per heavy atom. The van der Waals surface area contributed by atoms with Crippen molar-refractivity contribution in [2.75, 3.05) is 6.54 Å². The molecular formula is C17H24N2. The molecule has 1 N–H and O–H groups in total. The summed E-state index contributed by atoms with van der Waals surface area (Å²) < 4.78 is 0. The molecule has 102 valence electrons. The fourth-order valence-electron chi connectivity index (χ4n) is 1.97. The van der Waals surface area contributed by atoms with Gasteiger partial charge >= 0.3 is 0 Å². The van der Waals surface area contributed by atoms with Crippen LogP contribution in [0.2, 0.25) is 0 Å². The largest absolute Gasteiger partial charge is 0.312 e. The van der Waals surface area contributed by atoms with E-state index in [0.717, 1.165) is 18.6 Å². The first-order valence-corrected chi connectivity index (χ1v) is 7.03. The Bertz CT molecular complexity index is 544. The van der Waals surface area contributed by atoms with E-state index in [4.69, 9.17) is 0 Å². The number of benzene rings is 1. The number of hydrogen-bond donors (Lipinski definition) is 1. The van der Waals surface area contributed by atoms with E-state index in [1.165, 1.54) is 10.9 Å². The summed E-state index contributed by atoms with van der Waals surface area (Å²) in [6, 6.07) is 10.6. The van der Waals surface area contributed by atoms with Crippen LogP contribution in [0.5, 0.6) is 0 Å². The van der Waals surface area contributed by atoms with Crippen LogP contribution in [0.4, 0.5) is 0 Å². The summed E-state index contributed by atoms with van der Waals surface area (Å²) in [5, 5.41) is 4.78. The molecule has 1 aromatic heterocycles. The Morgan fingerprint density at radius 2 is 2.00 bits per heavy atom. The second-order valence-electron chi connectivity index (χ2n) is 6.28. The van der Waals surface area contributed by atoms with E-state index in [1.807, 2.05) is 12.3 Å². The van der Waals surface area contributed by atoms with Gasteiger partial charge in [-0.3, -0.25) is 4.98 Å². The van der Waals surface area contributed by atoms with Gasteiger partial charge in [-0.15, -0.1) is 0 Å². The second-order valence-corrected chi connectivity index (χ2v) is 6.28. The van der Waals surface area contributed by atoms with Crippen LogP contribution in [-0.4, -0.2) is 11.5 Å². The van der Waals surface area contributed by atoms with Crippen molar-refractivity contribution in [2.45, 2.75) is 34.2 Å². The molecule has 0 saturated carbocycles. The van der Waals surface area contributed by atoms with Crippen LogP contribution in [0.1, 0.15) is 33.3 Å². The molecule has 2 heteroatoms. The van der Waals surface area contributed by atoms with Gasteiger partial charge in [-0.2, -0.15) is 0 Å². The molecule has 0 aliphatic carbocycles. The lowest BCUT2D eigenvalue weighted by Gasteiger charge is -2.29. The molecule has 1 aromatic carbocycles. The average molecular weight is 256 g/mol. The molecule has 0 bridgehead atoms. The van der Waals surface area contributed by atoms with Gasteiger partial charge < -0.3 is 5.32 Å². The lowest BCUT2D eigenvalue weighted by Crippen LogP contribution is -2.33. The van der Waals surface area contributed by atoms with E-state index in [0.29, 0.717) is 11.3 Å². The molecule has 0 spiro atoms. The number of nitrogens with zero attached hydrogens (tertiary/aromatic N) is 1. The fourth-order valence-corrected chi connectivity index (χ4v) is 1.97. The molecule has 0 atom stereocenters. The summed E-state index contributed by atoms with van der Waals surface area (Å²) >= 11 is 0. The van der Waals surface area contributed by atoms with Crippen LogP contribution in [0, 0.1) is 11.3 Å². The van der Waals surface area contributed by atoms with Gasteiger partial charge in [-0.05, 0) is 35.1 Å². The average Bonchev–Trinajstić information content (AvgIpc) is 2.38. The van der Waals surface area contributed by atoms with Crippen LogP contribution in [0.3, 0.4) is 0 Å². The lowest BCUT2D eigenvalue weighted by atomic mass is 9.81. The SMILES string of the molecule is CC(C)C(C)(C)CNCc1ccc2ncccc2c1. The second kappa shape index (κ2) is 5.70. The van der Waals surface area contributed by atoms with E-state index < -0.39 is 0 Å². The van der Waals surface area contributed by atoms with E-state index >= 15 is 0 Å². The van der Waals surface area contributed by atoms with E-state index in [9.17, 15) is 0 Å². The van der Waals surface area contributed by atoms with Crippen molar-refractivity contribution in [1.82, 2.24) is 10.3 Å². The molecule has 0 unspecified atom stereocenters. The van der Waals surface area contributed by atoms with Crippen molar-refractivity contribution in [1.29, 1.82) is 0 Å². The van der Waals surface area contributed by atoms with Crippen molar-refractivity contribution in [3.05, 3.63) is 42.1 Å². The highest BCUT2D eigenvalue weighted by atomic mass is 14.9. The van der Waals surface area contributed by atoms with Crippen LogP contribution in [-0.2, 0) is 6.54 Å². The van der Waals surface area contributed by atoms with Gasteiger partial charge in [0.15, 0.2) is 0 Å². The van der Waals surface area contributed by atoms with Crippen molar-refractivity contribution >= 4 is 10.9 Å². The smallest absolute Gasteiger partial charge is 0.0702 e. The monoisotopic (exact) mass is 256 g/mol. The predicted octanol–water partition coefficient (Wildman–Crippen LogP) is 4.01. The molecule has 0 saturated heterocycles. The molecular weight excluding hydrogens is 232 g/mol. The first-order valence-electron chi connectivity index (χ1n) is 7.03. The van der Waals surface area contributed by atoms with Gasteiger partial charge in [0.25, 0.3) is 0 Å². The van der Waals surface area contributed by atoms with Crippen LogP contribution < -0.4 is 5.32 Å². The number of pyridine rings is 1. The van der Waals surface area contributed by atoms with Crippen molar-refractivity contribution in [3.8, 4) is 0 Å². The minimum atomic E-state index is 0.332. The van der Waals surface area contributed by atoms with Gasteiger partial charge in [-0.1, -0.05) is 39.8 Å². The first kappa shape index (κ1) is 14.0. The highest BCUT2D eigenvalue weighted by Gasteiger charge is 2.21.